The average Bonchev–Trinajstić information content (AvgIpc) is 2.40. The first-order chi connectivity index (χ1) is 8.70. The minimum Gasteiger partial charge on any atom is -0.492 e. The maximum atomic E-state index is 5.46. The second-order valence-corrected chi connectivity index (χ2v) is 4.46. The SMILES string of the molecule is Cc1ccc(-c2ccc(OCCN)cc2)cc1C. The Hall–Kier alpha value is -1.80. The van der Waals surface area contributed by atoms with Crippen molar-refractivity contribution >= 4 is 0 Å². The summed E-state index contributed by atoms with van der Waals surface area (Å²) in [6.45, 7) is 5.36. The molecule has 2 rings (SSSR count). The molecule has 2 aromatic rings. The zero-order valence-corrected chi connectivity index (χ0v) is 10.9. The highest BCUT2D eigenvalue weighted by Crippen LogP contribution is 2.24. The average molecular weight is 241 g/mol. The van der Waals surface area contributed by atoms with Gasteiger partial charge in [0.2, 0.25) is 0 Å². The van der Waals surface area contributed by atoms with Gasteiger partial charge in [0.25, 0.3) is 0 Å². The predicted octanol–water partition coefficient (Wildman–Crippen LogP) is 3.31. The van der Waals surface area contributed by atoms with E-state index >= 15 is 0 Å². The Morgan fingerprint density at radius 3 is 2.17 bits per heavy atom. The van der Waals surface area contributed by atoms with Gasteiger partial charge in [0.1, 0.15) is 12.4 Å². The van der Waals surface area contributed by atoms with Crippen LogP contribution in [-0.4, -0.2) is 13.2 Å². The van der Waals surface area contributed by atoms with Crippen molar-refractivity contribution < 1.29 is 4.74 Å². The molecule has 0 fully saturated rings. The number of hydrogen-bond acceptors (Lipinski definition) is 2. The van der Waals surface area contributed by atoms with E-state index in [-0.39, 0.29) is 0 Å². The number of rotatable bonds is 4. The Labute approximate surface area is 108 Å². The van der Waals surface area contributed by atoms with Gasteiger partial charge >= 0.3 is 0 Å². The van der Waals surface area contributed by atoms with Crippen molar-refractivity contribution in [2.75, 3.05) is 13.2 Å². The van der Waals surface area contributed by atoms with Crippen molar-refractivity contribution in [2.24, 2.45) is 5.73 Å². The Morgan fingerprint density at radius 2 is 1.56 bits per heavy atom. The van der Waals surface area contributed by atoms with Crippen molar-refractivity contribution in [1.82, 2.24) is 0 Å². The van der Waals surface area contributed by atoms with Crippen LogP contribution in [0.2, 0.25) is 0 Å². The summed E-state index contributed by atoms with van der Waals surface area (Å²) in [7, 11) is 0. The third-order valence-electron chi connectivity index (χ3n) is 3.08. The lowest BCUT2D eigenvalue weighted by Gasteiger charge is -2.08. The summed E-state index contributed by atoms with van der Waals surface area (Å²) in [4.78, 5) is 0. The van der Waals surface area contributed by atoms with Crippen molar-refractivity contribution in [3.8, 4) is 16.9 Å². The number of ether oxygens (including phenoxy) is 1. The maximum absolute atomic E-state index is 5.46. The van der Waals surface area contributed by atoms with E-state index in [1.54, 1.807) is 0 Å². The van der Waals surface area contributed by atoms with Crippen molar-refractivity contribution in [3.05, 3.63) is 53.6 Å². The van der Waals surface area contributed by atoms with Crippen LogP contribution < -0.4 is 10.5 Å². The van der Waals surface area contributed by atoms with Crippen LogP contribution in [0.15, 0.2) is 42.5 Å². The molecular formula is C16H19NO. The molecule has 2 N–H and O–H groups in total. The van der Waals surface area contributed by atoms with Gasteiger partial charge in [0, 0.05) is 6.54 Å². The van der Waals surface area contributed by atoms with E-state index in [0.29, 0.717) is 13.2 Å². The maximum Gasteiger partial charge on any atom is 0.119 e. The third kappa shape index (κ3) is 2.90. The lowest BCUT2D eigenvalue weighted by Crippen LogP contribution is -2.10. The van der Waals surface area contributed by atoms with Crippen molar-refractivity contribution in [3.63, 3.8) is 0 Å². The Morgan fingerprint density at radius 1 is 0.889 bits per heavy atom. The molecule has 0 radical (unpaired) electrons. The number of aryl methyl sites for hydroxylation is 2. The van der Waals surface area contributed by atoms with Gasteiger partial charge in [-0.25, -0.2) is 0 Å². The molecule has 0 heterocycles. The van der Waals surface area contributed by atoms with Gasteiger partial charge in [-0.3, -0.25) is 0 Å². The minimum atomic E-state index is 0.541. The first-order valence-electron chi connectivity index (χ1n) is 6.21. The lowest BCUT2D eigenvalue weighted by atomic mass is 10.0. The standard InChI is InChI=1S/C16H19NO/c1-12-3-4-15(11-13(12)2)14-5-7-16(8-6-14)18-10-9-17/h3-8,11H,9-10,17H2,1-2H3. The Bertz CT molecular complexity index is 517. The second kappa shape index (κ2) is 5.69. The molecule has 0 amide bonds. The van der Waals surface area contributed by atoms with Crippen molar-refractivity contribution in [1.29, 1.82) is 0 Å². The Kier molecular flexibility index (Phi) is 4.00. The first kappa shape index (κ1) is 12.7. The smallest absolute Gasteiger partial charge is 0.119 e. The van der Waals surface area contributed by atoms with E-state index in [9.17, 15) is 0 Å². The molecular weight excluding hydrogens is 222 g/mol. The molecule has 0 aliphatic carbocycles. The summed E-state index contributed by atoms with van der Waals surface area (Å²) in [5.74, 6) is 0.869. The number of hydrogen-bond donors (Lipinski definition) is 1. The lowest BCUT2D eigenvalue weighted by molar-refractivity contribution is 0.328. The van der Waals surface area contributed by atoms with Gasteiger partial charge in [-0.1, -0.05) is 30.3 Å². The molecule has 0 spiro atoms. The Balaban J connectivity index is 2.20. The second-order valence-electron chi connectivity index (χ2n) is 4.46. The van der Waals surface area contributed by atoms with E-state index in [2.05, 4.69) is 44.2 Å². The first-order valence-corrected chi connectivity index (χ1v) is 6.21. The summed E-state index contributed by atoms with van der Waals surface area (Å²) in [5, 5.41) is 0. The molecule has 0 aliphatic rings. The fourth-order valence-electron chi connectivity index (χ4n) is 1.84. The van der Waals surface area contributed by atoms with Gasteiger partial charge in [-0.05, 0) is 48.2 Å². The third-order valence-corrected chi connectivity index (χ3v) is 3.08. The fourth-order valence-corrected chi connectivity index (χ4v) is 1.84. The quantitative estimate of drug-likeness (QED) is 0.891. The minimum absolute atomic E-state index is 0.541. The summed E-state index contributed by atoms with van der Waals surface area (Å²) < 4.78 is 5.46. The monoisotopic (exact) mass is 241 g/mol. The molecule has 2 nitrogen and oxygen atoms in total. The van der Waals surface area contributed by atoms with E-state index < -0.39 is 0 Å². The molecule has 0 aliphatic heterocycles. The van der Waals surface area contributed by atoms with Crippen LogP contribution in [0, 0.1) is 13.8 Å². The fraction of sp³-hybridized carbons (Fsp3) is 0.250. The highest BCUT2D eigenvalue weighted by molar-refractivity contribution is 5.65. The van der Waals surface area contributed by atoms with Gasteiger partial charge in [-0.2, -0.15) is 0 Å². The molecule has 94 valence electrons. The van der Waals surface area contributed by atoms with Crippen LogP contribution in [0.1, 0.15) is 11.1 Å². The molecule has 0 saturated carbocycles. The van der Waals surface area contributed by atoms with Crippen LogP contribution >= 0.6 is 0 Å². The zero-order chi connectivity index (χ0) is 13.0. The summed E-state index contributed by atoms with van der Waals surface area (Å²) >= 11 is 0. The molecule has 2 heteroatoms. The van der Waals surface area contributed by atoms with Crippen molar-refractivity contribution in [2.45, 2.75) is 13.8 Å². The highest BCUT2D eigenvalue weighted by atomic mass is 16.5. The van der Waals surface area contributed by atoms with E-state index in [1.165, 1.54) is 22.3 Å². The summed E-state index contributed by atoms with van der Waals surface area (Å²) in [6.07, 6.45) is 0. The van der Waals surface area contributed by atoms with Crippen LogP contribution in [0.5, 0.6) is 5.75 Å². The zero-order valence-electron chi connectivity index (χ0n) is 10.9. The highest BCUT2D eigenvalue weighted by Gasteiger charge is 2.00. The van der Waals surface area contributed by atoms with E-state index in [1.807, 2.05) is 12.1 Å². The molecule has 0 unspecified atom stereocenters. The van der Waals surface area contributed by atoms with E-state index in [0.717, 1.165) is 5.75 Å². The van der Waals surface area contributed by atoms with Gasteiger partial charge in [-0.15, -0.1) is 0 Å². The normalized spacial score (nSPS) is 10.4. The van der Waals surface area contributed by atoms with Gasteiger partial charge < -0.3 is 10.5 Å². The number of nitrogens with two attached hydrogens (primary N) is 1. The topological polar surface area (TPSA) is 35.2 Å². The van der Waals surface area contributed by atoms with Gasteiger partial charge in [0.05, 0.1) is 0 Å². The van der Waals surface area contributed by atoms with E-state index in [4.69, 9.17) is 10.5 Å². The molecule has 0 aromatic heterocycles. The largest absolute Gasteiger partial charge is 0.492 e. The van der Waals surface area contributed by atoms with Gasteiger partial charge in [0.15, 0.2) is 0 Å². The predicted molar refractivity (Wildman–Crippen MR) is 75.9 cm³/mol. The number of benzene rings is 2. The summed E-state index contributed by atoms with van der Waals surface area (Å²) in [5.41, 5.74) is 10.5. The molecule has 0 bridgehead atoms. The molecule has 18 heavy (non-hydrogen) atoms. The van der Waals surface area contributed by atoms with Crippen LogP contribution in [0.3, 0.4) is 0 Å². The molecule has 0 saturated heterocycles. The summed E-state index contributed by atoms with van der Waals surface area (Å²) in [6, 6.07) is 14.7. The van der Waals surface area contributed by atoms with Crippen LogP contribution in [0.25, 0.3) is 11.1 Å². The van der Waals surface area contributed by atoms with Crippen LogP contribution in [0.4, 0.5) is 0 Å². The van der Waals surface area contributed by atoms with Crippen LogP contribution in [-0.2, 0) is 0 Å². The molecule has 0 atom stereocenters. The molecule has 2 aromatic carbocycles.